The van der Waals surface area contributed by atoms with Gasteiger partial charge in [-0.05, 0) is 37.5 Å². The Morgan fingerprint density at radius 1 is 1.14 bits per heavy atom. The van der Waals surface area contributed by atoms with Crippen LogP contribution in [-0.4, -0.2) is 44.3 Å². The molecule has 1 aliphatic heterocycles. The van der Waals surface area contributed by atoms with Gasteiger partial charge in [0.05, 0.1) is 5.69 Å². The summed E-state index contributed by atoms with van der Waals surface area (Å²) in [5.74, 6) is -1.27. The van der Waals surface area contributed by atoms with Gasteiger partial charge in [0.1, 0.15) is 6.04 Å². The fraction of sp³-hybridized carbons (Fsp3) is 0.312. The number of hydrogen-bond acceptors (Lipinski definition) is 3. The molecule has 114 valence electrons. The summed E-state index contributed by atoms with van der Waals surface area (Å²) in [6.07, 6.45) is 3.87. The summed E-state index contributed by atoms with van der Waals surface area (Å²) in [4.78, 5) is 25.3. The molecule has 1 aromatic heterocycles. The molecule has 0 spiro atoms. The molecule has 1 fully saturated rings. The van der Waals surface area contributed by atoms with Crippen molar-refractivity contribution in [3.8, 4) is 5.69 Å². The van der Waals surface area contributed by atoms with Crippen LogP contribution in [0.3, 0.4) is 0 Å². The lowest BCUT2D eigenvalue weighted by molar-refractivity contribution is -0.143. The highest BCUT2D eigenvalue weighted by atomic mass is 16.4. The molecule has 0 saturated carbocycles. The quantitative estimate of drug-likeness (QED) is 0.940. The molecule has 1 amide bonds. The molecule has 1 aliphatic rings. The first kappa shape index (κ1) is 14.3. The van der Waals surface area contributed by atoms with Crippen molar-refractivity contribution in [3.05, 3.63) is 48.3 Å². The van der Waals surface area contributed by atoms with Gasteiger partial charge in [-0.25, -0.2) is 9.48 Å². The minimum Gasteiger partial charge on any atom is -0.480 e. The van der Waals surface area contributed by atoms with Crippen LogP contribution in [0.2, 0.25) is 0 Å². The zero-order chi connectivity index (χ0) is 15.5. The zero-order valence-corrected chi connectivity index (χ0v) is 12.1. The highest BCUT2D eigenvalue weighted by molar-refractivity contribution is 5.95. The molecule has 0 bridgehead atoms. The van der Waals surface area contributed by atoms with Crippen LogP contribution >= 0.6 is 0 Å². The van der Waals surface area contributed by atoms with Crippen molar-refractivity contribution in [1.29, 1.82) is 0 Å². The Kier molecular flexibility index (Phi) is 3.91. The van der Waals surface area contributed by atoms with Gasteiger partial charge in [0.25, 0.3) is 5.91 Å². The lowest BCUT2D eigenvalue weighted by Crippen LogP contribution is -2.48. The molecule has 0 unspecified atom stereocenters. The van der Waals surface area contributed by atoms with Gasteiger partial charge in [0, 0.05) is 12.7 Å². The molecule has 2 heterocycles. The van der Waals surface area contributed by atoms with E-state index in [9.17, 15) is 14.7 Å². The molecule has 1 atom stereocenters. The number of benzene rings is 1. The minimum atomic E-state index is -0.949. The van der Waals surface area contributed by atoms with Gasteiger partial charge < -0.3 is 10.0 Å². The predicted molar refractivity (Wildman–Crippen MR) is 79.9 cm³/mol. The number of likely N-dealkylation sites (tertiary alicyclic amines) is 1. The molecule has 1 aromatic carbocycles. The van der Waals surface area contributed by atoms with Crippen molar-refractivity contribution < 1.29 is 14.7 Å². The summed E-state index contributed by atoms with van der Waals surface area (Å²) in [7, 11) is 0. The van der Waals surface area contributed by atoms with Gasteiger partial charge in [-0.15, -0.1) is 0 Å². The topological polar surface area (TPSA) is 75.4 Å². The van der Waals surface area contributed by atoms with Crippen molar-refractivity contribution in [2.75, 3.05) is 6.54 Å². The van der Waals surface area contributed by atoms with Crippen LogP contribution in [0.25, 0.3) is 5.69 Å². The van der Waals surface area contributed by atoms with E-state index in [0.717, 1.165) is 18.5 Å². The number of carboxylic acids is 1. The molecule has 1 saturated heterocycles. The number of carboxylic acid groups (broad SMARTS) is 1. The maximum Gasteiger partial charge on any atom is 0.326 e. The number of rotatable bonds is 3. The Bertz CT molecular complexity index is 681. The summed E-state index contributed by atoms with van der Waals surface area (Å²) in [6, 6.07) is 10.4. The number of carbonyl (C=O) groups excluding carboxylic acids is 1. The number of carbonyl (C=O) groups is 2. The number of aromatic nitrogens is 2. The second-order valence-electron chi connectivity index (χ2n) is 5.33. The SMILES string of the molecule is O=C(O)[C@@H]1CCCCN1C(=O)c1ccn(-c2ccccc2)n1. The van der Waals surface area contributed by atoms with Gasteiger partial charge in [-0.1, -0.05) is 18.2 Å². The average Bonchev–Trinajstić information content (AvgIpc) is 3.05. The highest BCUT2D eigenvalue weighted by Crippen LogP contribution is 2.20. The van der Waals surface area contributed by atoms with E-state index in [0.29, 0.717) is 13.0 Å². The van der Waals surface area contributed by atoms with Gasteiger partial charge >= 0.3 is 5.97 Å². The smallest absolute Gasteiger partial charge is 0.326 e. The molecule has 2 aromatic rings. The molecule has 1 N–H and O–H groups in total. The first-order valence-corrected chi connectivity index (χ1v) is 7.31. The summed E-state index contributed by atoms with van der Waals surface area (Å²) in [5, 5.41) is 13.6. The Morgan fingerprint density at radius 2 is 1.91 bits per heavy atom. The number of amides is 1. The number of piperidine rings is 1. The van der Waals surface area contributed by atoms with Crippen LogP contribution in [0, 0.1) is 0 Å². The van der Waals surface area contributed by atoms with Crippen LogP contribution in [0.5, 0.6) is 0 Å². The van der Waals surface area contributed by atoms with Crippen molar-refractivity contribution >= 4 is 11.9 Å². The third-order valence-electron chi connectivity index (χ3n) is 3.88. The van der Waals surface area contributed by atoms with E-state index in [1.807, 2.05) is 30.3 Å². The van der Waals surface area contributed by atoms with Crippen LogP contribution in [0.1, 0.15) is 29.8 Å². The van der Waals surface area contributed by atoms with Crippen molar-refractivity contribution in [2.24, 2.45) is 0 Å². The summed E-state index contributed by atoms with van der Waals surface area (Å²) in [5.41, 5.74) is 1.13. The van der Waals surface area contributed by atoms with Crippen LogP contribution in [0.4, 0.5) is 0 Å². The molecular weight excluding hydrogens is 282 g/mol. The zero-order valence-electron chi connectivity index (χ0n) is 12.1. The first-order valence-electron chi connectivity index (χ1n) is 7.31. The van der Waals surface area contributed by atoms with E-state index >= 15 is 0 Å². The summed E-state index contributed by atoms with van der Waals surface area (Å²) < 4.78 is 1.62. The van der Waals surface area contributed by atoms with Gasteiger partial charge in [0.15, 0.2) is 5.69 Å². The third-order valence-corrected chi connectivity index (χ3v) is 3.88. The van der Waals surface area contributed by atoms with E-state index in [-0.39, 0.29) is 11.6 Å². The summed E-state index contributed by atoms with van der Waals surface area (Å²) in [6.45, 7) is 0.466. The van der Waals surface area contributed by atoms with E-state index in [2.05, 4.69) is 5.10 Å². The maximum atomic E-state index is 12.5. The van der Waals surface area contributed by atoms with Crippen LogP contribution < -0.4 is 0 Å². The standard InChI is InChI=1S/C16H17N3O3/c20-15(18-10-5-4-8-14(18)16(21)22)13-9-11-19(17-13)12-6-2-1-3-7-12/h1-3,6-7,9,11,14H,4-5,8,10H2,(H,21,22)/t14-/m0/s1. The lowest BCUT2D eigenvalue weighted by atomic mass is 10.0. The Labute approximate surface area is 128 Å². The number of nitrogens with zero attached hydrogens (tertiary/aromatic N) is 3. The van der Waals surface area contributed by atoms with Crippen LogP contribution in [0.15, 0.2) is 42.6 Å². The van der Waals surface area contributed by atoms with E-state index in [4.69, 9.17) is 0 Å². The van der Waals surface area contributed by atoms with Gasteiger partial charge in [-0.3, -0.25) is 4.79 Å². The van der Waals surface area contributed by atoms with E-state index in [1.54, 1.807) is 16.9 Å². The van der Waals surface area contributed by atoms with Crippen molar-refractivity contribution in [3.63, 3.8) is 0 Å². The van der Waals surface area contributed by atoms with Gasteiger partial charge in [-0.2, -0.15) is 5.10 Å². The van der Waals surface area contributed by atoms with Crippen molar-refractivity contribution in [2.45, 2.75) is 25.3 Å². The fourth-order valence-electron chi connectivity index (χ4n) is 2.74. The number of hydrogen-bond donors (Lipinski definition) is 1. The normalized spacial score (nSPS) is 18.2. The molecule has 6 nitrogen and oxygen atoms in total. The molecule has 6 heteroatoms. The molecular formula is C16H17N3O3. The molecule has 22 heavy (non-hydrogen) atoms. The van der Waals surface area contributed by atoms with Gasteiger partial charge in [0.2, 0.25) is 0 Å². The monoisotopic (exact) mass is 299 g/mol. The minimum absolute atomic E-state index is 0.275. The van der Waals surface area contributed by atoms with Crippen LogP contribution in [-0.2, 0) is 4.79 Å². The second kappa shape index (κ2) is 6.01. The summed E-state index contributed by atoms with van der Waals surface area (Å²) >= 11 is 0. The molecule has 0 aliphatic carbocycles. The van der Waals surface area contributed by atoms with E-state index < -0.39 is 12.0 Å². The fourth-order valence-corrected chi connectivity index (χ4v) is 2.74. The Morgan fingerprint density at radius 3 is 2.64 bits per heavy atom. The Hall–Kier alpha value is -2.63. The highest BCUT2D eigenvalue weighted by Gasteiger charge is 2.33. The molecule has 3 rings (SSSR count). The average molecular weight is 299 g/mol. The first-order chi connectivity index (χ1) is 10.7. The lowest BCUT2D eigenvalue weighted by Gasteiger charge is -2.32. The van der Waals surface area contributed by atoms with E-state index in [1.165, 1.54) is 4.90 Å². The number of para-hydroxylation sites is 1. The predicted octanol–water partition coefficient (Wildman–Crippen LogP) is 1.95. The second-order valence-corrected chi connectivity index (χ2v) is 5.33. The number of aliphatic carboxylic acids is 1. The third kappa shape index (κ3) is 2.72. The maximum absolute atomic E-state index is 12.5. The largest absolute Gasteiger partial charge is 0.480 e. The Balaban J connectivity index is 1.83. The molecule has 0 radical (unpaired) electrons. The van der Waals surface area contributed by atoms with Crippen molar-refractivity contribution in [1.82, 2.24) is 14.7 Å².